The lowest BCUT2D eigenvalue weighted by molar-refractivity contribution is -0.136. The van der Waals surface area contributed by atoms with E-state index >= 15 is 0 Å². The summed E-state index contributed by atoms with van der Waals surface area (Å²) in [6, 6.07) is 17.6. The number of carbonyl (C=O) groups is 3. The number of amides is 2. The summed E-state index contributed by atoms with van der Waals surface area (Å²) in [7, 11) is 1.89. The van der Waals surface area contributed by atoms with E-state index in [0.717, 1.165) is 36.3 Å². The maximum atomic E-state index is 13.4. The molecule has 0 aliphatic carbocycles. The third-order valence-electron chi connectivity index (χ3n) is 7.12. The van der Waals surface area contributed by atoms with Gasteiger partial charge in [-0.15, -0.1) is 0 Å². The predicted octanol–water partition coefficient (Wildman–Crippen LogP) is 5.12. The summed E-state index contributed by atoms with van der Waals surface area (Å²) < 4.78 is 7.31. The minimum Gasteiger partial charge on any atom is -0.481 e. The molecule has 4 N–H and O–H groups in total. The van der Waals surface area contributed by atoms with Gasteiger partial charge in [0.15, 0.2) is 0 Å². The summed E-state index contributed by atoms with van der Waals surface area (Å²) in [5, 5.41) is 12.5. The maximum absolute atomic E-state index is 13.4. The van der Waals surface area contributed by atoms with Crippen molar-refractivity contribution < 1.29 is 24.2 Å². The molecular weight excluding hydrogens is 562 g/mol. The fourth-order valence-corrected chi connectivity index (χ4v) is 4.68. The van der Waals surface area contributed by atoms with Crippen LogP contribution in [-0.4, -0.2) is 56.1 Å². The van der Waals surface area contributed by atoms with Crippen LogP contribution in [0.2, 0.25) is 0 Å². The van der Waals surface area contributed by atoms with Crippen molar-refractivity contribution in [2.45, 2.75) is 52.2 Å². The number of pyridine rings is 1. The number of carboxylic acids is 1. The lowest BCUT2D eigenvalue weighted by Crippen LogP contribution is -2.33. The molecule has 2 aromatic carbocycles. The van der Waals surface area contributed by atoms with E-state index in [-0.39, 0.29) is 30.8 Å². The number of nitrogens with zero attached hydrogens (tertiary/aromatic N) is 5. The van der Waals surface area contributed by atoms with Crippen molar-refractivity contribution in [3.8, 4) is 0 Å². The number of carboxylic acid groups (broad SMARTS) is 1. The second-order valence-corrected chi connectivity index (χ2v) is 10.2. The Morgan fingerprint density at radius 2 is 1.84 bits per heavy atom. The maximum Gasteiger partial charge on any atom is 0.435 e. The number of rotatable bonds is 13. The van der Waals surface area contributed by atoms with Gasteiger partial charge in [-0.25, -0.2) is 14.8 Å². The number of aryl methyl sites for hydroxylation is 1. The van der Waals surface area contributed by atoms with Crippen LogP contribution in [-0.2, 0) is 23.1 Å². The standard InChI is InChI=1S/C32H37N7O5/c1-4-8-24(5-2)44-32(43)37-30(33)21-10-13-23(14-11-21)35-20-28-36-25-19-22(12-15-26(25)38(28)3)31(42)39(18-16-29(40)41)27-9-6-7-17-34-27/h6-7,9-15,17,19,24,35H,4-5,8,16,18,20H2,1-3H3,(H,40,41)(H2,33,37,43). The zero-order valence-electron chi connectivity index (χ0n) is 25.1. The fraction of sp³-hybridized carbons (Fsp3) is 0.312. The molecule has 4 rings (SSSR count). The highest BCUT2D eigenvalue weighted by molar-refractivity contribution is 6.07. The number of hydrogen-bond acceptors (Lipinski definition) is 7. The summed E-state index contributed by atoms with van der Waals surface area (Å²) in [5.74, 6) is -0.170. The van der Waals surface area contributed by atoms with Crippen LogP contribution in [0.25, 0.3) is 11.0 Å². The Morgan fingerprint density at radius 1 is 1.09 bits per heavy atom. The Hall–Kier alpha value is -5.26. The second-order valence-electron chi connectivity index (χ2n) is 10.2. The topological polar surface area (TPSA) is 165 Å². The average Bonchev–Trinajstić information content (AvgIpc) is 3.34. The van der Waals surface area contributed by atoms with Gasteiger partial charge in [0.05, 0.1) is 24.0 Å². The minimum absolute atomic E-state index is 0.0146. The van der Waals surface area contributed by atoms with Gasteiger partial charge in [-0.2, -0.15) is 4.99 Å². The number of ether oxygens (including phenoxy) is 1. The Morgan fingerprint density at radius 3 is 2.50 bits per heavy atom. The lowest BCUT2D eigenvalue weighted by atomic mass is 10.1. The molecule has 0 radical (unpaired) electrons. The number of aromatic nitrogens is 3. The molecule has 44 heavy (non-hydrogen) atoms. The average molecular weight is 600 g/mol. The molecule has 1 unspecified atom stereocenters. The quantitative estimate of drug-likeness (QED) is 0.140. The molecule has 0 aliphatic heterocycles. The van der Waals surface area contributed by atoms with Crippen molar-refractivity contribution in [3.63, 3.8) is 0 Å². The number of aliphatic carboxylic acids is 1. The van der Waals surface area contributed by atoms with Crippen LogP contribution in [0.5, 0.6) is 0 Å². The largest absolute Gasteiger partial charge is 0.481 e. The van der Waals surface area contributed by atoms with Crippen LogP contribution in [0.1, 0.15) is 61.3 Å². The van der Waals surface area contributed by atoms with Gasteiger partial charge in [-0.3, -0.25) is 14.5 Å². The van der Waals surface area contributed by atoms with E-state index in [1.165, 1.54) is 4.90 Å². The molecule has 0 saturated heterocycles. The molecule has 1 atom stereocenters. The molecule has 4 aromatic rings. The molecule has 0 fully saturated rings. The van der Waals surface area contributed by atoms with E-state index < -0.39 is 12.1 Å². The molecule has 230 valence electrons. The van der Waals surface area contributed by atoms with Gasteiger partial charge in [-0.1, -0.05) is 26.3 Å². The number of carbonyl (C=O) groups excluding carboxylic acids is 2. The molecule has 0 bridgehead atoms. The number of nitrogens with one attached hydrogen (secondary N) is 1. The van der Waals surface area contributed by atoms with Crippen LogP contribution in [0.4, 0.5) is 16.3 Å². The van der Waals surface area contributed by atoms with E-state index in [1.807, 2.05) is 43.7 Å². The van der Waals surface area contributed by atoms with Crippen LogP contribution in [0, 0.1) is 0 Å². The van der Waals surface area contributed by atoms with Crippen LogP contribution >= 0.6 is 0 Å². The molecular formula is C32H37N7O5. The number of hydrogen-bond donors (Lipinski definition) is 3. The lowest BCUT2D eigenvalue weighted by Gasteiger charge is -2.21. The number of nitrogens with two attached hydrogens (primary N) is 1. The molecule has 0 saturated carbocycles. The molecule has 2 aromatic heterocycles. The number of anilines is 2. The first kappa shape index (κ1) is 31.7. The van der Waals surface area contributed by atoms with Crippen molar-refractivity contribution >= 4 is 46.3 Å². The van der Waals surface area contributed by atoms with Crippen molar-refractivity contribution in [3.05, 3.63) is 83.8 Å². The number of fused-ring (bicyclic) bond motifs is 1. The molecule has 12 nitrogen and oxygen atoms in total. The number of imidazole rings is 1. The highest BCUT2D eigenvalue weighted by Gasteiger charge is 2.21. The van der Waals surface area contributed by atoms with E-state index in [1.54, 1.807) is 48.7 Å². The molecule has 2 heterocycles. The third kappa shape index (κ3) is 7.97. The van der Waals surface area contributed by atoms with Gasteiger partial charge in [-0.05, 0) is 67.4 Å². The molecule has 2 amide bonds. The zero-order valence-corrected chi connectivity index (χ0v) is 25.1. The summed E-state index contributed by atoms with van der Waals surface area (Å²) in [4.78, 5) is 51.0. The first-order valence-corrected chi connectivity index (χ1v) is 14.5. The van der Waals surface area contributed by atoms with Gasteiger partial charge in [0.25, 0.3) is 5.91 Å². The summed E-state index contributed by atoms with van der Waals surface area (Å²) >= 11 is 0. The fourth-order valence-electron chi connectivity index (χ4n) is 4.68. The first-order valence-electron chi connectivity index (χ1n) is 14.5. The predicted molar refractivity (Wildman–Crippen MR) is 169 cm³/mol. The number of aliphatic imine (C=N–C) groups is 1. The summed E-state index contributed by atoms with van der Waals surface area (Å²) in [5.41, 5.74) is 9.29. The minimum atomic E-state index is -1.00. The van der Waals surface area contributed by atoms with E-state index in [9.17, 15) is 19.5 Å². The third-order valence-corrected chi connectivity index (χ3v) is 7.12. The van der Waals surface area contributed by atoms with E-state index in [0.29, 0.717) is 29.0 Å². The van der Waals surface area contributed by atoms with Gasteiger partial charge < -0.3 is 25.5 Å². The Kier molecular flexibility index (Phi) is 10.6. The first-order chi connectivity index (χ1) is 21.2. The monoisotopic (exact) mass is 599 g/mol. The van der Waals surface area contributed by atoms with Gasteiger partial charge >= 0.3 is 12.1 Å². The Labute approximate surface area is 255 Å². The normalized spacial score (nSPS) is 12.1. The van der Waals surface area contributed by atoms with E-state index in [4.69, 9.17) is 15.5 Å². The van der Waals surface area contributed by atoms with Crippen molar-refractivity contribution in [1.82, 2.24) is 14.5 Å². The zero-order chi connectivity index (χ0) is 31.6. The summed E-state index contributed by atoms with van der Waals surface area (Å²) in [6.45, 7) is 4.38. The van der Waals surface area contributed by atoms with Crippen LogP contribution in [0.15, 0.2) is 71.9 Å². The van der Waals surface area contributed by atoms with Gasteiger partial charge in [0.2, 0.25) is 0 Å². The Balaban J connectivity index is 1.44. The van der Waals surface area contributed by atoms with Crippen molar-refractivity contribution in [2.24, 2.45) is 17.8 Å². The molecule has 12 heteroatoms. The second kappa shape index (κ2) is 14.8. The highest BCUT2D eigenvalue weighted by atomic mass is 16.6. The molecule has 0 aliphatic rings. The molecule has 0 spiro atoms. The van der Waals surface area contributed by atoms with Crippen molar-refractivity contribution in [1.29, 1.82) is 0 Å². The van der Waals surface area contributed by atoms with Crippen LogP contribution < -0.4 is 16.0 Å². The number of amidine groups is 1. The van der Waals surface area contributed by atoms with Crippen LogP contribution in [0.3, 0.4) is 0 Å². The van der Waals surface area contributed by atoms with E-state index in [2.05, 4.69) is 15.3 Å². The van der Waals surface area contributed by atoms with Gasteiger partial charge in [0.1, 0.15) is 23.6 Å². The number of benzene rings is 2. The Bertz CT molecular complexity index is 1630. The smallest absolute Gasteiger partial charge is 0.435 e. The summed E-state index contributed by atoms with van der Waals surface area (Å²) in [6.07, 6.45) is 2.89. The van der Waals surface area contributed by atoms with Gasteiger partial charge in [0, 0.05) is 36.6 Å². The SMILES string of the molecule is CCCC(CC)OC(=O)/N=C(\N)c1ccc(NCc2nc3cc(C(=O)N(CCC(=O)O)c4ccccn4)ccc3n2C)cc1. The van der Waals surface area contributed by atoms with Crippen molar-refractivity contribution in [2.75, 3.05) is 16.8 Å². The highest BCUT2D eigenvalue weighted by Crippen LogP contribution is 2.21.